The van der Waals surface area contributed by atoms with Crippen LogP contribution in [0.5, 0.6) is 0 Å². The molecule has 0 radical (unpaired) electrons. The van der Waals surface area contributed by atoms with Gasteiger partial charge in [-0.25, -0.2) is 9.18 Å². The maximum atomic E-state index is 13.6. The smallest absolute Gasteiger partial charge is 0.328 e. The maximum absolute atomic E-state index is 13.6. The zero-order chi connectivity index (χ0) is 15.8. The molecule has 4 nitrogen and oxygen atoms in total. The Morgan fingerprint density at radius 2 is 2.19 bits per heavy atom. The van der Waals surface area contributed by atoms with E-state index < -0.39 is 11.8 Å². The van der Waals surface area contributed by atoms with Gasteiger partial charge in [0.15, 0.2) is 0 Å². The topological polar surface area (TPSA) is 64.3 Å². The summed E-state index contributed by atoms with van der Waals surface area (Å²) in [5, 5.41) is 17.3. The van der Waals surface area contributed by atoms with E-state index in [2.05, 4.69) is 11.0 Å². The minimum absolute atomic E-state index is 0.236. The van der Waals surface area contributed by atoms with E-state index in [-0.39, 0.29) is 6.04 Å². The number of halogens is 1. The quantitative estimate of drug-likeness (QED) is 0.784. The summed E-state index contributed by atoms with van der Waals surface area (Å²) in [5.74, 6) is -1.47. The number of nitrogens with zero attached hydrogens (tertiary/aromatic N) is 2. The lowest BCUT2D eigenvalue weighted by Crippen LogP contribution is -2.31. The fourth-order valence-electron chi connectivity index (χ4n) is 1.98. The molecule has 112 valence electrons. The first-order valence-corrected chi connectivity index (χ1v) is 6.74. The molecule has 1 aromatic carbocycles. The standard InChI is InChI=1S/C16H19FN2O2/c1-12(2)19(7-3-6-18)11-14-8-13(4-5-16(20)21)9-15(17)10-14/h4-5,8-10,12H,3,7,11H2,1-2H3,(H,20,21). The number of nitriles is 1. The molecule has 0 aliphatic carbocycles. The van der Waals surface area contributed by atoms with Crippen molar-refractivity contribution in [3.05, 3.63) is 41.2 Å². The van der Waals surface area contributed by atoms with Gasteiger partial charge in [0, 0.05) is 31.6 Å². The van der Waals surface area contributed by atoms with Crippen LogP contribution in [0.25, 0.3) is 6.08 Å². The van der Waals surface area contributed by atoms with Crippen LogP contribution < -0.4 is 0 Å². The van der Waals surface area contributed by atoms with Crippen molar-refractivity contribution in [2.75, 3.05) is 6.54 Å². The third-order valence-corrected chi connectivity index (χ3v) is 3.03. The van der Waals surface area contributed by atoms with Crippen LogP contribution in [0.3, 0.4) is 0 Å². The zero-order valence-corrected chi connectivity index (χ0v) is 12.2. The van der Waals surface area contributed by atoms with Gasteiger partial charge in [0.25, 0.3) is 0 Å². The summed E-state index contributed by atoms with van der Waals surface area (Å²) in [6, 6.07) is 6.81. The molecule has 1 rings (SSSR count). The van der Waals surface area contributed by atoms with E-state index in [0.717, 1.165) is 11.6 Å². The van der Waals surface area contributed by atoms with E-state index >= 15 is 0 Å². The molecule has 0 saturated carbocycles. The van der Waals surface area contributed by atoms with Gasteiger partial charge in [-0.05, 0) is 43.2 Å². The van der Waals surface area contributed by atoms with Crippen LogP contribution >= 0.6 is 0 Å². The Morgan fingerprint density at radius 3 is 2.76 bits per heavy atom. The Hall–Kier alpha value is -2.19. The molecule has 0 amide bonds. The van der Waals surface area contributed by atoms with Crippen molar-refractivity contribution in [3.8, 4) is 6.07 Å². The third-order valence-electron chi connectivity index (χ3n) is 3.03. The fraction of sp³-hybridized carbons (Fsp3) is 0.375. The highest BCUT2D eigenvalue weighted by molar-refractivity contribution is 5.85. The second-order valence-electron chi connectivity index (χ2n) is 5.04. The monoisotopic (exact) mass is 290 g/mol. The number of hydrogen-bond acceptors (Lipinski definition) is 3. The first-order chi connectivity index (χ1) is 9.92. The van der Waals surface area contributed by atoms with E-state index in [9.17, 15) is 9.18 Å². The van der Waals surface area contributed by atoms with Crippen LogP contribution in [-0.2, 0) is 11.3 Å². The Balaban J connectivity index is 2.91. The van der Waals surface area contributed by atoms with Crippen LogP contribution in [0.1, 0.15) is 31.4 Å². The fourth-order valence-corrected chi connectivity index (χ4v) is 1.98. The summed E-state index contributed by atoms with van der Waals surface area (Å²) in [4.78, 5) is 12.6. The van der Waals surface area contributed by atoms with Crippen LogP contribution in [0, 0.1) is 17.1 Å². The Labute approximate surface area is 124 Å². The van der Waals surface area contributed by atoms with Gasteiger partial charge in [0.05, 0.1) is 6.07 Å². The second-order valence-corrected chi connectivity index (χ2v) is 5.04. The molecule has 21 heavy (non-hydrogen) atoms. The van der Waals surface area contributed by atoms with Crippen LogP contribution in [-0.4, -0.2) is 28.6 Å². The van der Waals surface area contributed by atoms with Gasteiger partial charge in [-0.2, -0.15) is 5.26 Å². The molecule has 0 heterocycles. The van der Waals surface area contributed by atoms with Crippen LogP contribution in [0.4, 0.5) is 4.39 Å². The van der Waals surface area contributed by atoms with Gasteiger partial charge < -0.3 is 5.11 Å². The van der Waals surface area contributed by atoms with Crippen molar-refractivity contribution in [2.45, 2.75) is 32.9 Å². The Morgan fingerprint density at radius 1 is 1.48 bits per heavy atom. The van der Waals surface area contributed by atoms with Crippen molar-refractivity contribution in [3.63, 3.8) is 0 Å². The highest BCUT2D eigenvalue weighted by Gasteiger charge is 2.11. The molecule has 0 spiro atoms. The van der Waals surface area contributed by atoms with Gasteiger partial charge in [0.1, 0.15) is 5.82 Å². The molecular weight excluding hydrogens is 271 g/mol. The number of hydrogen-bond donors (Lipinski definition) is 1. The average molecular weight is 290 g/mol. The van der Waals surface area contributed by atoms with E-state index in [1.165, 1.54) is 18.2 Å². The van der Waals surface area contributed by atoms with Gasteiger partial charge in [-0.1, -0.05) is 6.07 Å². The molecule has 0 bridgehead atoms. The number of rotatable bonds is 7. The minimum Gasteiger partial charge on any atom is -0.478 e. The number of aliphatic carboxylic acids is 1. The molecule has 0 unspecified atom stereocenters. The third kappa shape index (κ3) is 6.19. The molecule has 0 fully saturated rings. The number of carboxylic acids is 1. The summed E-state index contributed by atoms with van der Waals surface area (Å²) in [5.41, 5.74) is 1.27. The summed E-state index contributed by atoms with van der Waals surface area (Å²) in [6.07, 6.45) is 2.76. The lowest BCUT2D eigenvalue weighted by molar-refractivity contribution is -0.131. The highest BCUT2D eigenvalue weighted by Crippen LogP contribution is 2.15. The van der Waals surface area contributed by atoms with E-state index in [4.69, 9.17) is 10.4 Å². The summed E-state index contributed by atoms with van der Waals surface area (Å²) >= 11 is 0. The van der Waals surface area contributed by atoms with Crippen molar-refractivity contribution in [1.29, 1.82) is 5.26 Å². The first kappa shape index (κ1) is 16.9. The Kier molecular flexibility index (Phi) is 6.57. The number of benzene rings is 1. The SMILES string of the molecule is CC(C)N(CCC#N)Cc1cc(F)cc(C=CC(=O)O)c1. The van der Waals surface area contributed by atoms with Crippen molar-refractivity contribution < 1.29 is 14.3 Å². The minimum atomic E-state index is -1.07. The van der Waals surface area contributed by atoms with Crippen molar-refractivity contribution in [2.24, 2.45) is 0 Å². The first-order valence-electron chi connectivity index (χ1n) is 6.74. The number of carbonyl (C=O) groups is 1. The number of carboxylic acid groups (broad SMARTS) is 1. The van der Waals surface area contributed by atoms with E-state index in [1.54, 1.807) is 6.07 Å². The maximum Gasteiger partial charge on any atom is 0.328 e. The van der Waals surface area contributed by atoms with E-state index in [1.807, 2.05) is 13.8 Å². The van der Waals surface area contributed by atoms with Crippen LogP contribution in [0.2, 0.25) is 0 Å². The molecule has 1 aromatic rings. The summed E-state index contributed by atoms with van der Waals surface area (Å²) in [6.45, 7) is 5.17. The molecular formula is C16H19FN2O2. The molecule has 0 aliphatic heterocycles. The summed E-state index contributed by atoms with van der Waals surface area (Å²) < 4.78 is 13.6. The summed E-state index contributed by atoms with van der Waals surface area (Å²) in [7, 11) is 0. The van der Waals surface area contributed by atoms with Gasteiger partial charge in [0.2, 0.25) is 0 Å². The molecule has 0 aromatic heterocycles. The van der Waals surface area contributed by atoms with Crippen molar-refractivity contribution in [1.82, 2.24) is 4.90 Å². The van der Waals surface area contributed by atoms with Gasteiger partial charge in [-0.3, -0.25) is 4.90 Å². The lowest BCUT2D eigenvalue weighted by Gasteiger charge is -2.25. The zero-order valence-electron chi connectivity index (χ0n) is 12.2. The molecule has 0 aliphatic rings. The molecule has 0 atom stereocenters. The molecule has 1 N–H and O–H groups in total. The average Bonchev–Trinajstić information content (AvgIpc) is 2.40. The largest absolute Gasteiger partial charge is 0.478 e. The highest BCUT2D eigenvalue weighted by atomic mass is 19.1. The van der Waals surface area contributed by atoms with Crippen LogP contribution in [0.15, 0.2) is 24.3 Å². The lowest BCUT2D eigenvalue weighted by atomic mass is 10.1. The molecule has 5 heteroatoms. The predicted octanol–water partition coefficient (Wildman–Crippen LogP) is 3.05. The van der Waals surface area contributed by atoms with Gasteiger partial charge >= 0.3 is 5.97 Å². The molecule has 0 saturated heterocycles. The Bertz CT molecular complexity index is 562. The normalized spacial score (nSPS) is 11.2. The second kappa shape index (κ2) is 8.18. The predicted molar refractivity (Wildman–Crippen MR) is 78.8 cm³/mol. The van der Waals surface area contributed by atoms with Gasteiger partial charge in [-0.15, -0.1) is 0 Å². The van der Waals surface area contributed by atoms with E-state index in [0.29, 0.717) is 25.1 Å². The van der Waals surface area contributed by atoms with Crippen molar-refractivity contribution >= 4 is 12.0 Å².